The monoisotopic (exact) mass is 448 g/mol. The van der Waals surface area contributed by atoms with Gasteiger partial charge in [-0.05, 0) is 56.9 Å². The topological polar surface area (TPSA) is 67.9 Å². The predicted molar refractivity (Wildman–Crippen MR) is 121 cm³/mol. The first-order valence-electron chi connectivity index (χ1n) is 12.1. The quantitative estimate of drug-likeness (QED) is 0.716. The standard InChI is InChI=1S/C25H37FN2O4/c1-2-27-25(30)28-16-8-4-7-11-23(29)24(26)32-18-21(28)17-31-22-14-12-20(13-15-22)19-9-5-3-6-10-19/h3,5-6,9-10,20-22,24H,2,4,7-8,11-18H2,1H3,(H,27,30)/t20?,21-,22?,24?/m0/s1. The zero-order valence-corrected chi connectivity index (χ0v) is 19.1. The fourth-order valence-corrected chi connectivity index (χ4v) is 4.63. The Bertz CT molecular complexity index is 709. The summed E-state index contributed by atoms with van der Waals surface area (Å²) in [6.07, 6.45) is 4.54. The normalized spacial score (nSPS) is 28.1. The number of nitrogens with zero attached hydrogens (tertiary/aromatic N) is 1. The number of rotatable bonds is 5. The third-order valence-corrected chi connectivity index (χ3v) is 6.51. The average molecular weight is 449 g/mol. The molecule has 1 saturated carbocycles. The molecule has 1 aromatic carbocycles. The summed E-state index contributed by atoms with van der Waals surface area (Å²) >= 11 is 0. The van der Waals surface area contributed by atoms with Crippen molar-refractivity contribution in [3.63, 3.8) is 0 Å². The summed E-state index contributed by atoms with van der Waals surface area (Å²) in [7, 11) is 0. The van der Waals surface area contributed by atoms with E-state index in [1.54, 1.807) is 4.90 Å². The Kier molecular flexibility index (Phi) is 9.93. The minimum atomic E-state index is -1.94. The summed E-state index contributed by atoms with van der Waals surface area (Å²) in [6, 6.07) is 9.94. The van der Waals surface area contributed by atoms with Crippen LogP contribution in [0.2, 0.25) is 0 Å². The van der Waals surface area contributed by atoms with Crippen LogP contribution in [0, 0.1) is 0 Å². The molecule has 3 rings (SSSR count). The van der Waals surface area contributed by atoms with E-state index < -0.39 is 18.2 Å². The Labute approximate surface area is 190 Å². The third-order valence-electron chi connectivity index (χ3n) is 6.51. The molecule has 1 N–H and O–H groups in total. The predicted octanol–water partition coefficient (Wildman–Crippen LogP) is 4.58. The van der Waals surface area contributed by atoms with Crippen LogP contribution in [0.1, 0.15) is 69.8 Å². The molecule has 2 aliphatic rings. The van der Waals surface area contributed by atoms with Crippen molar-refractivity contribution in [1.82, 2.24) is 10.2 Å². The van der Waals surface area contributed by atoms with Crippen LogP contribution in [-0.4, -0.2) is 61.5 Å². The molecule has 1 aliphatic carbocycles. The van der Waals surface area contributed by atoms with Crippen LogP contribution in [0.3, 0.4) is 0 Å². The maximum atomic E-state index is 14.2. The van der Waals surface area contributed by atoms with Crippen LogP contribution in [0.15, 0.2) is 30.3 Å². The van der Waals surface area contributed by atoms with Crippen LogP contribution in [0.25, 0.3) is 0 Å². The Morgan fingerprint density at radius 3 is 2.62 bits per heavy atom. The van der Waals surface area contributed by atoms with Gasteiger partial charge in [-0.2, -0.15) is 0 Å². The van der Waals surface area contributed by atoms with E-state index in [0.717, 1.165) is 38.5 Å². The molecule has 32 heavy (non-hydrogen) atoms. The molecule has 1 aliphatic heterocycles. The molecule has 2 atom stereocenters. The molecule has 0 bridgehead atoms. The number of ether oxygens (including phenoxy) is 2. The van der Waals surface area contributed by atoms with Crippen LogP contribution < -0.4 is 5.32 Å². The molecule has 178 valence electrons. The maximum Gasteiger partial charge on any atom is 0.317 e. The molecule has 0 aromatic heterocycles. The van der Waals surface area contributed by atoms with Gasteiger partial charge in [-0.1, -0.05) is 36.8 Å². The molecule has 0 radical (unpaired) electrons. The maximum absolute atomic E-state index is 14.2. The largest absolute Gasteiger partial charge is 0.376 e. The highest BCUT2D eigenvalue weighted by atomic mass is 19.1. The van der Waals surface area contributed by atoms with Gasteiger partial charge < -0.3 is 19.7 Å². The van der Waals surface area contributed by atoms with Crippen molar-refractivity contribution < 1.29 is 23.5 Å². The zero-order valence-electron chi connectivity index (χ0n) is 19.1. The van der Waals surface area contributed by atoms with Gasteiger partial charge in [-0.15, -0.1) is 0 Å². The molecule has 1 aromatic rings. The number of Topliss-reactive ketones (excluding diaryl/α,β-unsaturated/α-hetero) is 1. The number of amides is 2. The van der Waals surface area contributed by atoms with Gasteiger partial charge in [0.05, 0.1) is 25.4 Å². The second-order valence-electron chi connectivity index (χ2n) is 8.83. The Morgan fingerprint density at radius 2 is 1.91 bits per heavy atom. The Balaban J connectivity index is 1.59. The van der Waals surface area contributed by atoms with Crippen molar-refractivity contribution >= 4 is 11.8 Å². The summed E-state index contributed by atoms with van der Waals surface area (Å²) in [4.78, 5) is 26.3. The molecule has 6 nitrogen and oxygen atoms in total. The number of urea groups is 1. The van der Waals surface area contributed by atoms with E-state index in [4.69, 9.17) is 9.47 Å². The summed E-state index contributed by atoms with van der Waals surface area (Å²) in [5.74, 6) is 0.0392. The number of alkyl halides is 1. The Hall–Kier alpha value is -1.99. The first-order chi connectivity index (χ1) is 15.6. The van der Waals surface area contributed by atoms with Crippen molar-refractivity contribution in [2.45, 2.75) is 82.7 Å². The van der Waals surface area contributed by atoms with Gasteiger partial charge in [0, 0.05) is 19.5 Å². The summed E-state index contributed by atoms with van der Waals surface area (Å²) in [5.41, 5.74) is 1.38. The highest BCUT2D eigenvalue weighted by Gasteiger charge is 2.29. The highest BCUT2D eigenvalue weighted by molar-refractivity contribution is 5.81. The lowest BCUT2D eigenvalue weighted by molar-refractivity contribution is -0.145. The van der Waals surface area contributed by atoms with Crippen LogP contribution >= 0.6 is 0 Å². The van der Waals surface area contributed by atoms with Gasteiger partial charge >= 0.3 is 6.03 Å². The molecule has 1 saturated heterocycles. The number of hydrogen-bond donors (Lipinski definition) is 1. The highest BCUT2D eigenvalue weighted by Crippen LogP contribution is 2.34. The molecular weight excluding hydrogens is 411 g/mol. The molecule has 7 heteroatoms. The number of benzene rings is 1. The number of ketones is 1. The smallest absolute Gasteiger partial charge is 0.317 e. The van der Waals surface area contributed by atoms with Crippen LogP contribution in [-0.2, 0) is 14.3 Å². The fraction of sp³-hybridized carbons (Fsp3) is 0.680. The second-order valence-corrected chi connectivity index (χ2v) is 8.83. The first-order valence-corrected chi connectivity index (χ1v) is 12.1. The molecule has 1 unspecified atom stereocenters. The van der Waals surface area contributed by atoms with E-state index in [1.807, 2.05) is 13.0 Å². The minimum Gasteiger partial charge on any atom is -0.376 e. The molecule has 2 amide bonds. The molecular formula is C25H37FN2O4. The van der Waals surface area contributed by atoms with E-state index in [1.165, 1.54) is 5.56 Å². The van der Waals surface area contributed by atoms with Crippen molar-refractivity contribution in [3.05, 3.63) is 35.9 Å². The van der Waals surface area contributed by atoms with Crippen molar-refractivity contribution in [1.29, 1.82) is 0 Å². The van der Waals surface area contributed by atoms with E-state index >= 15 is 0 Å². The SMILES string of the molecule is CCNC(=O)N1CCCCCC(=O)C(F)OC[C@@H]1COC1CCC(c2ccccc2)CC1. The second kappa shape index (κ2) is 12.9. The van der Waals surface area contributed by atoms with Gasteiger partial charge in [0.25, 0.3) is 6.36 Å². The summed E-state index contributed by atoms with van der Waals surface area (Å²) in [6.45, 7) is 3.14. The molecule has 2 fully saturated rings. The van der Waals surface area contributed by atoms with E-state index in [0.29, 0.717) is 25.4 Å². The van der Waals surface area contributed by atoms with Gasteiger partial charge in [0.2, 0.25) is 0 Å². The van der Waals surface area contributed by atoms with E-state index in [-0.39, 0.29) is 31.8 Å². The summed E-state index contributed by atoms with van der Waals surface area (Å²) in [5, 5.41) is 2.84. The zero-order chi connectivity index (χ0) is 22.8. The van der Waals surface area contributed by atoms with Gasteiger partial charge in [0.15, 0.2) is 5.78 Å². The summed E-state index contributed by atoms with van der Waals surface area (Å²) < 4.78 is 25.7. The molecule has 1 heterocycles. The fourth-order valence-electron chi connectivity index (χ4n) is 4.63. The van der Waals surface area contributed by atoms with Crippen LogP contribution in [0.4, 0.5) is 9.18 Å². The van der Waals surface area contributed by atoms with E-state index in [2.05, 4.69) is 29.6 Å². The van der Waals surface area contributed by atoms with Gasteiger partial charge in [-0.3, -0.25) is 4.79 Å². The first kappa shape index (κ1) is 24.6. The van der Waals surface area contributed by atoms with Crippen molar-refractivity contribution in [2.24, 2.45) is 0 Å². The number of carbonyl (C=O) groups excluding carboxylic acids is 2. The van der Waals surface area contributed by atoms with Crippen molar-refractivity contribution in [2.75, 3.05) is 26.3 Å². The average Bonchev–Trinajstić information content (AvgIpc) is 2.85. The lowest BCUT2D eigenvalue weighted by Crippen LogP contribution is -2.51. The number of halogens is 1. The van der Waals surface area contributed by atoms with Crippen molar-refractivity contribution in [3.8, 4) is 0 Å². The van der Waals surface area contributed by atoms with Gasteiger partial charge in [-0.25, -0.2) is 9.18 Å². The van der Waals surface area contributed by atoms with E-state index in [9.17, 15) is 14.0 Å². The van der Waals surface area contributed by atoms with Gasteiger partial charge in [0.1, 0.15) is 0 Å². The Morgan fingerprint density at radius 1 is 1.16 bits per heavy atom. The number of carbonyl (C=O) groups is 2. The lowest BCUT2D eigenvalue weighted by Gasteiger charge is -2.34. The van der Waals surface area contributed by atoms with Crippen LogP contribution in [0.5, 0.6) is 0 Å². The lowest BCUT2D eigenvalue weighted by atomic mass is 9.83. The molecule has 0 spiro atoms. The number of hydrogen-bond acceptors (Lipinski definition) is 4. The number of nitrogens with one attached hydrogen (secondary N) is 1. The minimum absolute atomic E-state index is 0.0522. The third kappa shape index (κ3) is 7.27.